The van der Waals surface area contributed by atoms with Gasteiger partial charge in [0.15, 0.2) is 0 Å². The van der Waals surface area contributed by atoms with Gasteiger partial charge in [-0.25, -0.2) is 9.97 Å². The third-order valence-corrected chi connectivity index (χ3v) is 6.35. The van der Waals surface area contributed by atoms with Crippen LogP contribution in [0.3, 0.4) is 0 Å². The number of hydrogen-bond donors (Lipinski definition) is 1. The number of aryl methyl sites for hydroxylation is 1. The molecule has 5 rings (SSSR count). The lowest BCUT2D eigenvalue weighted by Gasteiger charge is -2.25. The molecule has 1 N–H and O–H groups in total. The molecule has 0 spiro atoms. The minimum Gasteiger partial charge on any atom is -0.341 e. The number of carbonyl (C=O) groups is 1. The van der Waals surface area contributed by atoms with Crippen LogP contribution in [-0.4, -0.2) is 50.6 Å². The Labute approximate surface area is 182 Å². The number of nitrogens with zero attached hydrogens (tertiary/aromatic N) is 5. The number of benzene rings is 1. The van der Waals surface area contributed by atoms with E-state index < -0.39 is 0 Å². The Hall–Kier alpha value is -3.22. The fourth-order valence-electron chi connectivity index (χ4n) is 4.73. The highest BCUT2D eigenvalue weighted by molar-refractivity contribution is 5.78. The highest BCUT2D eigenvalue weighted by atomic mass is 16.2. The van der Waals surface area contributed by atoms with Crippen LogP contribution in [0.5, 0.6) is 0 Å². The van der Waals surface area contributed by atoms with E-state index in [-0.39, 0.29) is 11.9 Å². The van der Waals surface area contributed by atoms with Crippen molar-refractivity contribution in [3.05, 3.63) is 60.0 Å². The molecule has 0 aliphatic carbocycles. The fraction of sp³-hybridized carbons (Fsp3) is 0.417. The summed E-state index contributed by atoms with van der Waals surface area (Å²) in [6, 6.07) is 12.2. The van der Waals surface area contributed by atoms with Gasteiger partial charge in [-0.3, -0.25) is 9.89 Å². The van der Waals surface area contributed by atoms with Crippen LogP contribution in [0, 0.1) is 0 Å². The number of anilines is 1. The first-order valence-electron chi connectivity index (χ1n) is 11.2. The maximum Gasteiger partial charge on any atom is 0.225 e. The van der Waals surface area contributed by atoms with Crippen molar-refractivity contribution in [2.75, 3.05) is 24.5 Å². The van der Waals surface area contributed by atoms with Crippen molar-refractivity contribution < 1.29 is 4.79 Å². The van der Waals surface area contributed by atoms with Gasteiger partial charge in [-0.1, -0.05) is 30.3 Å². The Morgan fingerprint density at radius 3 is 2.74 bits per heavy atom. The zero-order valence-electron chi connectivity index (χ0n) is 17.7. The summed E-state index contributed by atoms with van der Waals surface area (Å²) < 4.78 is 0. The molecule has 4 heterocycles. The molecule has 2 aliphatic heterocycles. The lowest BCUT2D eigenvalue weighted by atomic mass is 10.0. The van der Waals surface area contributed by atoms with Crippen LogP contribution in [0.2, 0.25) is 0 Å². The zero-order valence-corrected chi connectivity index (χ0v) is 17.7. The molecule has 7 heteroatoms. The topological polar surface area (TPSA) is 78.0 Å². The van der Waals surface area contributed by atoms with E-state index in [2.05, 4.69) is 32.2 Å². The molecule has 0 bridgehead atoms. The van der Waals surface area contributed by atoms with Crippen LogP contribution in [0.4, 0.5) is 5.95 Å². The third kappa shape index (κ3) is 4.17. The van der Waals surface area contributed by atoms with Gasteiger partial charge < -0.3 is 9.80 Å². The number of hydrogen-bond acceptors (Lipinski definition) is 5. The number of likely N-dealkylation sites (tertiary alicyclic amines) is 1. The largest absolute Gasteiger partial charge is 0.341 e. The van der Waals surface area contributed by atoms with Crippen molar-refractivity contribution in [2.45, 2.75) is 44.6 Å². The summed E-state index contributed by atoms with van der Waals surface area (Å²) >= 11 is 0. The number of amides is 1. The molecule has 1 amide bonds. The Bertz CT molecular complexity index is 1030. The Kier molecular flexibility index (Phi) is 5.65. The quantitative estimate of drug-likeness (QED) is 0.662. The summed E-state index contributed by atoms with van der Waals surface area (Å²) in [5, 5.41) is 7.50. The van der Waals surface area contributed by atoms with E-state index in [1.54, 1.807) is 0 Å². The molecule has 160 valence electrons. The minimum absolute atomic E-state index is 0.0194. The van der Waals surface area contributed by atoms with Crippen LogP contribution in [0.15, 0.2) is 48.8 Å². The summed E-state index contributed by atoms with van der Waals surface area (Å²) in [5.74, 6) is 0.983. The van der Waals surface area contributed by atoms with Gasteiger partial charge in [0.25, 0.3) is 0 Å². The second-order valence-corrected chi connectivity index (χ2v) is 8.36. The molecule has 2 aliphatic rings. The standard InChI is InChI=1S/C24H28N6O/c31-22(11-10-18-7-2-1-3-8-18)30-16-6-9-21(30)23-19(17-26-28-23)20-12-13-25-24(27-20)29-14-4-5-15-29/h1-3,7-8,12-13,17,21H,4-6,9-11,14-16H2,(H,26,28)/t21-/m1/s1. The summed E-state index contributed by atoms with van der Waals surface area (Å²) in [4.78, 5) is 26.6. The molecule has 0 saturated carbocycles. The van der Waals surface area contributed by atoms with Gasteiger partial charge in [0.05, 0.1) is 23.6 Å². The Balaban J connectivity index is 1.34. The van der Waals surface area contributed by atoms with Gasteiger partial charge in [0, 0.05) is 37.8 Å². The molecule has 0 radical (unpaired) electrons. The number of H-pyrrole nitrogens is 1. The molecule has 2 fully saturated rings. The second-order valence-electron chi connectivity index (χ2n) is 8.36. The maximum atomic E-state index is 13.1. The number of aromatic amines is 1. The predicted octanol–water partition coefficient (Wildman–Crippen LogP) is 3.76. The highest BCUT2D eigenvalue weighted by Crippen LogP contribution is 2.36. The number of nitrogens with one attached hydrogen (secondary N) is 1. The predicted molar refractivity (Wildman–Crippen MR) is 120 cm³/mol. The second kappa shape index (κ2) is 8.88. The lowest BCUT2D eigenvalue weighted by Crippen LogP contribution is -2.31. The summed E-state index contributed by atoms with van der Waals surface area (Å²) in [7, 11) is 0. The van der Waals surface area contributed by atoms with Gasteiger partial charge in [-0.05, 0) is 43.7 Å². The SMILES string of the molecule is O=C(CCc1ccccc1)N1CCC[C@@H]1c1[nH]ncc1-c1ccnc(N2CCCC2)n1. The highest BCUT2D eigenvalue weighted by Gasteiger charge is 2.33. The van der Waals surface area contributed by atoms with Crippen molar-refractivity contribution in [3.8, 4) is 11.3 Å². The first-order chi connectivity index (χ1) is 15.3. The van der Waals surface area contributed by atoms with Gasteiger partial charge in [0.2, 0.25) is 11.9 Å². The van der Waals surface area contributed by atoms with Gasteiger partial charge in [0.1, 0.15) is 0 Å². The van der Waals surface area contributed by atoms with Crippen LogP contribution in [-0.2, 0) is 11.2 Å². The average Bonchev–Trinajstić information content (AvgIpc) is 3.59. The molecule has 1 aromatic carbocycles. The zero-order chi connectivity index (χ0) is 21.0. The monoisotopic (exact) mass is 416 g/mol. The molecule has 0 unspecified atom stereocenters. The average molecular weight is 417 g/mol. The van der Waals surface area contributed by atoms with Crippen molar-refractivity contribution in [1.82, 2.24) is 25.1 Å². The lowest BCUT2D eigenvalue weighted by molar-refractivity contribution is -0.132. The number of aromatic nitrogens is 4. The van der Waals surface area contributed by atoms with Gasteiger partial charge in [-0.2, -0.15) is 5.10 Å². The summed E-state index contributed by atoms with van der Waals surface area (Å²) in [6.07, 6.45) is 9.26. The smallest absolute Gasteiger partial charge is 0.225 e. The third-order valence-electron chi connectivity index (χ3n) is 6.35. The minimum atomic E-state index is 0.0194. The van der Waals surface area contributed by atoms with E-state index in [9.17, 15) is 4.79 Å². The molecule has 3 aromatic rings. The van der Waals surface area contributed by atoms with Crippen molar-refractivity contribution in [3.63, 3.8) is 0 Å². The molecular weight excluding hydrogens is 388 g/mol. The molecule has 31 heavy (non-hydrogen) atoms. The number of rotatable bonds is 6. The van der Waals surface area contributed by atoms with Crippen LogP contribution >= 0.6 is 0 Å². The Morgan fingerprint density at radius 2 is 1.90 bits per heavy atom. The normalized spacial score (nSPS) is 18.6. The van der Waals surface area contributed by atoms with E-state index in [0.717, 1.165) is 61.8 Å². The van der Waals surface area contributed by atoms with E-state index in [0.29, 0.717) is 6.42 Å². The Morgan fingerprint density at radius 1 is 1.06 bits per heavy atom. The molecular formula is C24H28N6O. The molecule has 2 aromatic heterocycles. The van der Waals surface area contributed by atoms with E-state index >= 15 is 0 Å². The maximum absolute atomic E-state index is 13.1. The summed E-state index contributed by atoms with van der Waals surface area (Å²) in [6.45, 7) is 2.81. The first kappa shape index (κ1) is 19.7. The van der Waals surface area contributed by atoms with Gasteiger partial charge in [-0.15, -0.1) is 0 Å². The van der Waals surface area contributed by atoms with Crippen molar-refractivity contribution in [2.24, 2.45) is 0 Å². The van der Waals surface area contributed by atoms with E-state index in [1.165, 1.54) is 18.4 Å². The molecule has 2 saturated heterocycles. The van der Waals surface area contributed by atoms with E-state index in [4.69, 9.17) is 4.98 Å². The number of carbonyl (C=O) groups excluding carboxylic acids is 1. The van der Waals surface area contributed by atoms with Crippen molar-refractivity contribution >= 4 is 11.9 Å². The summed E-state index contributed by atoms with van der Waals surface area (Å²) in [5.41, 5.74) is 4.01. The first-order valence-corrected chi connectivity index (χ1v) is 11.2. The van der Waals surface area contributed by atoms with E-state index in [1.807, 2.05) is 41.6 Å². The molecule has 1 atom stereocenters. The van der Waals surface area contributed by atoms with Crippen LogP contribution < -0.4 is 4.90 Å². The van der Waals surface area contributed by atoms with Crippen molar-refractivity contribution in [1.29, 1.82) is 0 Å². The van der Waals surface area contributed by atoms with Crippen LogP contribution in [0.1, 0.15) is 49.4 Å². The van der Waals surface area contributed by atoms with Crippen LogP contribution in [0.25, 0.3) is 11.3 Å². The fourth-order valence-corrected chi connectivity index (χ4v) is 4.73. The van der Waals surface area contributed by atoms with Gasteiger partial charge >= 0.3 is 0 Å². The molecule has 7 nitrogen and oxygen atoms in total.